The van der Waals surface area contributed by atoms with Crippen molar-refractivity contribution in [2.24, 2.45) is 0 Å². The molecule has 8 aliphatic heterocycles. The van der Waals surface area contributed by atoms with Crippen molar-refractivity contribution in [3.8, 4) is 46.0 Å². The van der Waals surface area contributed by atoms with Crippen LogP contribution in [0.1, 0.15) is 89.5 Å². The lowest BCUT2D eigenvalue weighted by Crippen LogP contribution is -2.80. The number of nitrogens with zero attached hydrogens (tertiary/aromatic N) is 4. The molecular formula is C73H86N4O18. The van der Waals surface area contributed by atoms with E-state index in [1.54, 1.807) is 41.6 Å². The van der Waals surface area contributed by atoms with Gasteiger partial charge in [0.15, 0.2) is 87.8 Å². The Morgan fingerprint density at radius 2 is 0.947 bits per heavy atom. The fraction of sp³-hybridized carbons (Fsp3) is 0.548. The fourth-order valence-corrected chi connectivity index (χ4v) is 21.8. The van der Waals surface area contributed by atoms with Gasteiger partial charge in [-0.3, -0.25) is 24.2 Å². The molecule has 8 bridgehead atoms. The van der Waals surface area contributed by atoms with E-state index in [4.69, 9.17) is 42.6 Å². The molecule has 4 aromatic rings. The van der Waals surface area contributed by atoms with Crippen LogP contribution in [0.3, 0.4) is 0 Å². The molecule has 8 N–H and O–H groups in total. The quantitative estimate of drug-likeness (QED) is 0.209. The van der Waals surface area contributed by atoms with Crippen LogP contribution >= 0.6 is 0 Å². The van der Waals surface area contributed by atoms with Crippen LogP contribution in [-0.2, 0) is 71.9 Å². The van der Waals surface area contributed by atoms with Gasteiger partial charge in [0.1, 0.15) is 17.0 Å². The maximum Gasteiger partial charge on any atom is 0.196 e. The molecule has 4 saturated heterocycles. The number of hydrogen-bond acceptors (Lipinski definition) is 21. The number of rotatable bonds is 5. The highest BCUT2D eigenvalue weighted by atomic mass is 16.6. The highest BCUT2D eigenvalue weighted by Gasteiger charge is 2.77. The maximum atomic E-state index is 12.7. The van der Waals surface area contributed by atoms with Crippen molar-refractivity contribution in [3.05, 3.63) is 129 Å². The van der Waals surface area contributed by atoms with Crippen LogP contribution in [0.4, 0.5) is 0 Å². The molecule has 22 nitrogen and oxygen atoms in total. The SMILES string of the molecule is COC1=CC=C2C3Cc4ccc(OC)c5c4[C@@]2(CCN3C)[C@H]1O5.COc1ccc2c3c1O[C@H]1C(=O)C=C[C@@]4(O)C(C2)N(C)CC[C@]314.COc1ccc2c3c1O[C@H]1C(=O)CC[C@@]4(O)C(C2)N(C)CC[C@]314.COc1ccc2c3c1O[C@H]1C(=O)C[C@@H](O)[C@@]4(O)C(C2)N(C)CC[C@]314.[OH-].[OH3+]. The van der Waals surface area contributed by atoms with Gasteiger partial charge in [-0.1, -0.05) is 30.3 Å². The molecule has 2 saturated carbocycles. The van der Waals surface area contributed by atoms with E-state index < -0.39 is 57.5 Å². The predicted molar refractivity (Wildman–Crippen MR) is 344 cm³/mol. The minimum atomic E-state index is -1.39. The number of Topliss-reactive ketones (excluding diaryl/α,β-unsaturated/α-hetero) is 2. The summed E-state index contributed by atoms with van der Waals surface area (Å²) >= 11 is 0. The average molecular weight is 1310 g/mol. The van der Waals surface area contributed by atoms with E-state index >= 15 is 0 Å². The molecule has 4 aromatic carbocycles. The smallest absolute Gasteiger partial charge is 0.196 e. The molecule has 4 spiro atoms. The van der Waals surface area contributed by atoms with E-state index in [2.05, 4.69) is 64.0 Å². The van der Waals surface area contributed by atoms with Gasteiger partial charge in [-0.15, -0.1) is 0 Å². The van der Waals surface area contributed by atoms with E-state index in [0.29, 0.717) is 72.6 Å². The number of carbonyl (C=O) groups excluding carboxylic acids is 3. The summed E-state index contributed by atoms with van der Waals surface area (Å²) in [5.74, 6) is 6.38. The minimum absolute atomic E-state index is 0. The monoisotopic (exact) mass is 1310 g/mol. The first-order valence-electron chi connectivity index (χ1n) is 33.1. The lowest BCUT2D eigenvalue weighted by molar-refractivity contribution is -0.226. The summed E-state index contributed by atoms with van der Waals surface area (Å²) in [5, 5.41) is 45.9. The molecule has 8 heterocycles. The summed E-state index contributed by atoms with van der Waals surface area (Å²) < 4.78 is 52.4. The van der Waals surface area contributed by atoms with Gasteiger partial charge < -0.3 is 83.8 Å². The third-order valence-corrected chi connectivity index (χ3v) is 26.0. The number of piperidine rings is 4. The Balaban J connectivity index is 0.000000104. The molecule has 22 heteroatoms. The van der Waals surface area contributed by atoms with Crippen molar-refractivity contribution < 1.29 is 88.4 Å². The fourth-order valence-electron chi connectivity index (χ4n) is 21.8. The number of allylic oxidation sites excluding steroid dienone is 2. The number of carbonyl (C=O) groups is 3. The topological polar surface area (TPSA) is 291 Å². The average Bonchev–Trinajstić information content (AvgIpc) is 1.62. The Labute approximate surface area is 551 Å². The number of benzene rings is 4. The lowest BCUT2D eigenvalue weighted by Gasteiger charge is -2.63. The molecule has 8 aliphatic carbocycles. The molecule has 95 heavy (non-hydrogen) atoms. The standard InChI is InChI=1S/C19H21NO3.C18H21NO5.C18H21NO4.C18H19NO4.2H2O/c1-20-9-8-19-12-5-7-15(22-3)18(19)23-17-14(21-2)6-4-11(16(17)19)10-13(12)20;1-19-6-5-17-14-9-3-4-11(23-2)15(14)24-16(17)10(20)8-13(21)18(17,22)12(19)7-9;2*1-19-8-7-17-14-10-3-4-12(22-2)15(14)23-16(17)11(20)5-6-18(17,21)13(19)9-10;;/h4-7,13,18H,8-10H2,1-3H3;3-4,12-13,16,21-22H,5-8H2,1-2H3;3-4,13,16,21H,5-9H2,1-2H3;3-6,13,16,21H,7-9H2,1-2H3;2*1H2/t13?,18-,19-;12?,13-,16+,17+,18+;2*13?,16-,17-,18+;;/m0100../s1. The van der Waals surface area contributed by atoms with Crippen molar-refractivity contribution in [1.29, 1.82) is 0 Å². The molecule has 0 amide bonds. The van der Waals surface area contributed by atoms with Gasteiger partial charge in [-0.05, 0) is 182 Å². The third kappa shape index (κ3) is 7.51. The van der Waals surface area contributed by atoms with Gasteiger partial charge in [0, 0.05) is 59.3 Å². The van der Waals surface area contributed by atoms with Crippen molar-refractivity contribution >= 4 is 17.3 Å². The number of ketones is 3. The number of ether oxygens (including phenoxy) is 9. The Hall–Kier alpha value is -7.09. The van der Waals surface area contributed by atoms with Gasteiger partial charge in [0.05, 0.1) is 68.9 Å². The number of likely N-dealkylation sites (tertiary alicyclic amines) is 4. The number of aliphatic hydroxyl groups is 4. The second kappa shape index (κ2) is 21.5. The summed E-state index contributed by atoms with van der Waals surface area (Å²) in [6.07, 6.45) is 11.6. The molecule has 16 atom stereocenters. The summed E-state index contributed by atoms with van der Waals surface area (Å²) in [6, 6.07) is 16.3. The molecule has 6 fully saturated rings. The summed E-state index contributed by atoms with van der Waals surface area (Å²) in [6.45, 7) is 3.54. The van der Waals surface area contributed by atoms with Crippen LogP contribution in [0.15, 0.2) is 84.2 Å². The largest absolute Gasteiger partial charge is 0.870 e. The lowest BCUT2D eigenvalue weighted by atomic mass is 9.48. The van der Waals surface area contributed by atoms with Crippen LogP contribution in [0.25, 0.3) is 0 Å². The van der Waals surface area contributed by atoms with Crippen molar-refractivity contribution in [3.63, 3.8) is 0 Å². The van der Waals surface area contributed by atoms with E-state index in [-0.39, 0.29) is 64.4 Å². The Bertz CT molecular complexity index is 4050. The Kier molecular flexibility index (Phi) is 14.4. The van der Waals surface area contributed by atoms with Crippen LogP contribution in [0, 0.1) is 0 Å². The number of hydrogen-bond donors (Lipinski definition) is 4. The van der Waals surface area contributed by atoms with Crippen molar-refractivity contribution in [2.45, 2.75) is 164 Å². The molecule has 506 valence electrons. The highest BCUT2D eigenvalue weighted by Crippen LogP contribution is 2.69. The predicted octanol–water partition coefficient (Wildman–Crippen LogP) is 3.22. The maximum absolute atomic E-state index is 12.7. The first kappa shape index (κ1) is 63.9. The van der Waals surface area contributed by atoms with Gasteiger partial charge in [-0.2, -0.15) is 0 Å². The van der Waals surface area contributed by atoms with Crippen molar-refractivity contribution in [2.75, 3.05) is 89.9 Å². The minimum Gasteiger partial charge on any atom is -0.870 e. The molecule has 20 rings (SSSR count). The van der Waals surface area contributed by atoms with Crippen molar-refractivity contribution in [1.82, 2.24) is 19.6 Å². The van der Waals surface area contributed by atoms with E-state index in [0.717, 1.165) is 103 Å². The number of aliphatic hydroxyl groups excluding tert-OH is 1. The normalized spacial score (nSPS) is 38.3. The van der Waals surface area contributed by atoms with E-state index in [9.17, 15) is 34.8 Å². The third-order valence-electron chi connectivity index (χ3n) is 26.0. The zero-order valence-corrected chi connectivity index (χ0v) is 55.2. The van der Waals surface area contributed by atoms with Crippen LogP contribution < -0.4 is 37.9 Å². The van der Waals surface area contributed by atoms with Gasteiger partial charge in [0.2, 0.25) is 0 Å². The van der Waals surface area contributed by atoms with E-state index in [1.807, 2.05) is 44.4 Å². The number of likely N-dealkylation sites (N-methyl/N-ethyl adjacent to an activating group) is 4. The summed E-state index contributed by atoms with van der Waals surface area (Å²) in [7, 11) is 16.6. The highest BCUT2D eigenvalue weighted by molar-refractivity contribution is 5.99. The zero-order valence-electron chi connectivity index (χ0n) is 55.2. The second-order valence-corrected chi connectivity index (χ2v) is 29.1. The Morgan fingerprint density at radius 3 is 1.54 bits per heavy atom. The summed E-state index contributed by atoms with van der Waals surface area (Å²) in [4.78, 5) is 47.0. The molecule has 0 aromatic heterocycles. The molecule has 4 unspecified atom stereocenters. The van der Waals surface area contributed by atoms with Crippen LogP contribution in [0.2, 0.25) is 0 Å². The molecule has 0 radical (unpaired) electrons. The first-order valence-corrected chi connectivity index (χ1v) is 33.1. The number of methoxy groups -OCH3 is 5. The summed E-state index contributed by atoms with van der Waals surface area (Å²) in [5.41, 5.74) is 4.97. The molecular weight excluding hydrogens is 1220 g/mol. The Morgan fingerprint density at radius 1 is 0.484 bits per heavy atom. The van der Waals surface area contributed by atoms with E-state index in [1.165, 1.54) is 28.3 Å². The zero-order chi connectivity index (χ0) is 64.6. The van der Waals surface area contributed by atoms with Crippen LogP contribution in [0.5, 0.6) is 46.0 Å². The van der Waals surface area contributed by atoms with Gasteiger partial charge in [0.25, 0.3) is 0 Å². The van der Waals surface area contributed by atoms with Gasteiger partial charge in [-0.25, -0.2) is 0 Å². The first-order chi connectivity index (χ1) is 44.7. The molecule has 16 aliphatic rings. The van der Waals surface area contributed by atoms with Crippen LogP contribution in [-0.4, -0.2) is 224 Å². The second-order valence-electron chi connectivity index (χ2n) is 29.1. The van der Waals surface area contributed by atoms with Gasteiger partial charge >= 0.3 is 0 Å².